The van der Waals surface area contributed by atoms with Gasteiger partial charge in [0.25, 0.3) is 0 Å². The van der Waals surface area contributed by atoms with Crippen molar-refractivity contribution in [3.63, 3.8) is 0 Å². The van der Waals surface area contributed by atoms with Crippen molar-refractivity contribution in [2.75, 3.05) is 18.0 Å². The minimum absolute atomic E-state index is 1.07. The Hall–Kier alpha value is -0.680. The highest BCUT2D eigenvalue weighted by atomic mass is 79.9. The molecule has 1 aliphatic rings. The summed E-state index contributed by atoms with van der Waals surface area (Å²) in [6.45, 7) is 2.25. The molecule has 1 aliphatic heterocycles. The summed E-state index contributed by atoms with van der Waals surface area (Å²) in [6, 6.07) is 2.13. The molecule has 84 valence electrons. The lowest BCUT2D eigenvalue weighted by Gasteiger charge is -2.27. The highest BCUT2D eigenvalue weighted by Crippen LogP contribution is 2.33. The van der Waals surface area contributed by atoms with Gasteiger partial charge in [-0.2, -0.15) is 0 Å². The molecule has 3 heterocycles. The van der Waals surface area contributed by atoms with E-state index in [2.05, 4.69) is 36.9 Å². The fourth-order valence-corrected chi connectivity index (χ4v) is 3.58. The van der Waals surface area contributed by atoms with Crippen molar-refractivity contribution in [3.05, 3.63) is 16.2 Å². The van der Waals surface area contributed by atoms with Gasteiger partial charge in [-0.15, -0.1) is 11.3 Å². The van der Waals surface area contributed by atoms with Crippen LogP contribution in [0.15, 0.2) is 16.2 Å². The molecule has 0 N–H and O–H groups in total. The van der Waals surface area contributed by atoms with Crippen LogP contribution >= 0.6 is 27.3 Å². The van der Waals surface area contributed by atoms with Gasteiger partial charge >= 0.3 is 0 Å². The van der Waals surface area contributed by atoms with Gasteiger partial charge in [0.2, 0.25) is 0 Å². The number of fused-ring (bicyclic) bond motifs is 1. The third-order valence-corrected chi connectivity index (χ3v) is 4.48. The molecule has 2 aromatic heterocycles. The highest BCUT2D eigenvalue weighted by molar-refractivity contribution is 9.11. The molecule has 3 rings (SSSR count). The number of thiophene rings is 1. The number of hydrogen-bond acceptors (Lipinski definition) is 4. The van der Waals surface area contributed by atoms with Crippen LogP contribution in [0.5, 0.6) is 0 Å². The summed E-state index contributed by atoms with van der Waals surface area (Å²) in [6.07, 6.45) is 5.57. The van der Waals surface area contributed by atoms with Crippen LogP contribution in [0.25, 0.3) is 10.2 Å². The minimum atomic E-state index is 1.07. The zero-order valence-corrected chi connectivity index (χ0v) is 11.2. The second-order valence-corrected chi connectivity index (χ2v) is 6.42. The zero-order valence-electron chi connectivity index (χ0n) is 8.82. The lowest BCUT2D eigenvalue weighted by atomic mass is 10.1. The molecule has 0 atom stereocenters. The first-order valence-electron chi connectivity index (χ1n) is 5.49. The molecule has 5 heteroatoms. The van der Waals surface area contributed by atoms with Crippen molar-refractivity contribution >= 4 is 43.3 Å². The summed E-state index contributed by atoms with van der Waals surface area (Å²) in [7, 11) is 0. The van der Waals surface area contributed by atoms with Crippen molar-refractivity contribution < 1.29 is 0 Å². The zero-order chi connectivity index (χ0) is 11.0. The highest BCUT2D eigenvalue weighted by Gasteiger charge is 2.16. The van der Waals surface area contributed by atoms with Gasteiger partial charge in [0.15, 0.2) is 0 Å². The van der Waals surface area contributed by atoms with Gasteiger partial charge in [0.1, 0.15) is 17.0 Å². The Kier molecular flexibility index (Phi) is 2.81. The molecule has 16 heavy (non-hydrogen) atoms. The maximum absolute atomic E-state index is 4.44. The Morgan fingerprint density at radius 3 is 2.81 bits per heavy atom. The number of aromatic nitrogens is 2. The van der Waals surface area contributed by atoms with E-state index < -0.39 is 0 Å². The molecule has 2 aromatic rings. The van der Waals surface area contributed by atoms with E-state index in [0.29, 0.717) is 0 Å². The van der Waals surface area contributed by atoms with Crippen molar-refractivity contribution in [1.29, 1.82) is 0 Å². The van der Waals surface area contributed by atoms with Crippen LogP contribution < -0.4 is 4.90 Å². The van der Waals surface area contributed by atoms with E-state index in [1.165, 1.54) is 24.6 Å². The number of nitrogens with zero attached hydrogens (tertiary/aromatic N) is 3. The number of anilines is 1. The van der Waals surface area contributed by atoms with E-state index in [0.717, 1.165) is 27.5 Å². The largest absolute Gasteiger partial charge is 0.356 e. The normalized spacial score (nSPS) is 16.9. The summed E-state index contributed by atoms with van der Waals surface area (Å²) in [5.74, 6) is 1.10. The third kappa shape index (κ3) is 1.82. The van der Waals surface area contributed by atoms with Gasteiger partial charge in [-0.05, 0) is 41.3 Å². The predicted octanol–water partition coefficient (Wildman–Crippen LogP) is 3.44. The Balaban J connectivity index is 2.07. The fraction of sp³-hybridized carbons (Fsp3) is 0.455. The fourth-order valence-electron chi connectivity index (χ4n) is 2.17. The van der Waals surface area contributed by atoms with E-state index in [1.54, 1.807) is 17.7 Å². The summed E-state index contributed by atoms with van der Waals surface area (Å²) in [4.78, 5) is 12.2. The van der Waals surface area contributed by atoms with Crippen molar-refractivity contribution in [2.24, 2.45) is 0 Å². The Labute approximate surface area is 107 Å². The second kappa shape index (κ2) is 4.30. The standard InChI is InChI=1S/C11H12BrN3S/c12-9-6-8-10(13-7-14-11(8)16-9)15-4-2-1-3-5-15/h6-7H,1-5H2. The van der Waals surface area contributed by atoms with Gasteiger partial charge < -0.3 is 4.90 Å². The quantitative estimate of drug-likeness (QED) is 0.807. The Bertz CT molecular complexity index is 505. The van der Waals surface area contributed by atoms with Crippen molar-refractivity contribution in [2.45, 2.75) is 19.3 Å². The van der Waals surface area contributed by atoms with Crippen LogP contribution in [-0.2, 0) is 0 Å². The molecule has 0 unspecified atom stereocenters. The monoisotopic (exact) mass is 297 g/mol. The summed E-state index contributed by atoms with van der Waals surface area (Å²) in [5.41, 5.74) is 0. The Morgan fingerprint density at radius 2 is 2.00 bits per heavy atom. The number of piperidine rings is 1. The first-order chi connectivity index (χ1) is 7.84. The van der Waals surface area contributed by atoms with E-state index in [9.17, 15) is 0 Å². The van der Waals surface area contributed by atoms with E-state index in [1.807, 2.05) is 0 Å². The summed E-state index contributed by atoms with van der Waals surface area (Å²) < 4.78 is 1.13. The molecule has 0 amide bonds. The van der Waals surface area contributed by atoms with Crippen LogP contribution in [0.3, 0.4) is 0 Å². The third-order valence-electron chi connectivity index (χ3n) is 2.93. The van der Waals surface area contributed by atoms with Crippen LogP contribution in [0.4, 0.5) is 5.82 Å². The van der Waals surface area contributed by atoms with Crippen molar-refractivity contribution in [3.8, 4) is 0 Å². The predicted molar refractivity (Wildman–Crippen MR) is 71.2 cm³/mol. The first kappa shape index (κ1) is 10.5. The molecular weight excluding hydrogens is 286 g/mol. The SMILES string of the molecule is Brc1cc2c(N3CCCCC3)ncnc2s1. The summed E-state index contributed by atoms with van der Waals surface area (Å²) in [5, 5.41) is 1.18. The maximum Gasteiger partial charge on any atom is 0.140 e. The van der Waals surface area contributed by atoms with Gasteiger partial charge in [-0.25, -0.2) is 9.97 Å². The number of hydrogen-bond donors (Lipinski definition) is 0. The molecular formula is C11H12BrN3S. The van der Waals surface area contributed by atoms with Gasteiger partial charge in [0.05, 0.1) is 9.17 Å². The molecule has 0 spiro atoms. The lowest BCUT2D eigenvalue weighted by Crippen LogP contribution is -2.30. The van der Waals surface area contributed by atoms with Gasteiger partial charge in [0, 0.05) is 13.1 Å². The number of halogens is 1. The lowest BCUT2D eigenvalue weighted by molar-refractivity contribution is 0.574. The Morgan fingerprint density at radius 1 is 1.19 bits per heavy atom. The van der Waals surface area contributed by atoms with Gasteiger partial charge in [-0.1, -0.05) is 0 Å². The maximum atomic E-state index is 4.44. The smallest absolute Gasteiger partial charge is 0.140 e. The van der Waals surface area contributed by atoms with E-state index in [-0.39, 0.29) is 0 Å². The van der Waals surface area contributed by atoms with Crippen molar-refractivity contribution in [1.82, 2.24) is 9.97 Å². The molecule has 0 saturated carbocycles. The average molecular weight is 298 g/mol. The molecule has 0 bridgehead atoms. The molecule has 0 radical (unpaired) electrons. The minimum Gasteiger partial charge on any atom is -0.356 e. The topological polar surface area (TPSA) is 29.0 Å². The van der Waals surface area contributed by atoms with Gasteiger partial charge in [-0.3, -0.25) is 0 Å². The van der Waals surface area contributed by atoms with E-state index >= 15 is 0 Å². The average Bonchev–Trinajstić information content (AvgIpc) is 2.70. The summed E-state index contributed by atoms with van der Waals surface area (Å²) >= 11 is 5.18. The second-order valence-electron chi connectivity index (χ2n) is 4.01. The molecule has 3 nitrogen and oxygen atoms in total. The van der Waals surface area contributed by atoms with Crippen LogP contribution in [-0.4, -0.2) is 23.1 Å². The van der Waals surface area contributed by atoms with Crippen LogP contribution in [0, 0.1) is 0 Å². The molecule has 1 saturated heterocycles. The molecule has 1 fully saturated rings. The van der Waals surface area contributed by atoms with Crippen LogP contribution in [0.1, 0.15) is 19.3 Å². The molecule has 0 aliphatic carbocycles. The molecule has 0 aromatic carbocycles. The van der Waals surface area contributed by atoms with E-state index in [4.69, 9.17) is 0 Å². The number of rotatable bonds is 1. The van der Waals surface area contributed by atoms with Crippen LogP contribution in [0.2, 0.25) is 0 Å². The first-order valence-corrected chi connectivity index (χ1v) is 7.10.